The molecule has 3 saturated heterocycles. The Hall–Kier alpha value is -3.03. The lowest BCUT2D eigenvalue weighted by atomic mass is 9.96. The predicted octanol–water partition coefficient (Wildman–Crippen LogP) is 15.3. The van der Waals surface area contributed by atoms with Crippen LogP contribution in [0.5, 0.6) is 0 Å². The molecule has 3 fully saturated rings. The molecule has 19 nitrogen and oxygen atoms in total. The van der Waals surface area contributed by atoms with Gasteiger partial charge in [0.1, 0.15) is 73.2 Å². The van der Waals surface area contributed by atoms with Crippen molar-refractivity contribution >= 4 is 5.91 Å². The highest BCUT2D eigenvalue weighted by Gasteiger charge is 2.54. The molecule has 3 aliphatic rings. The second-order valence-electron chi connectivity index (χ2n) is 30.2. The third kappa shape index (κ3) is 45.5. The zero-order valence-electron chi connectivity index (χ0n) is 66.2. The minimum atomic E-state index is -1.99. The van der Waals surface area contributed by atoms with Crippen LogP contribution in [0, 0.1) is 0 Å². The van der Waals surface area contributed by atoms with Crippen molar-refractivity contribution < 1.29 is 89.4 Å². The van der Waals surface area contributed by atoms with Crippen LogP contribution in [0.25, 0.3) is 0 Å². The Kier molecular flexibility index (Phi) is 61.0. The lowest BCUT2D eigenvalue weighted by molar-refractivity contribution is -0.379. The van der Waals surface area contributed by atoms with Gasteiger partial charge in [0.25, 0.3) is 0 Å². The van der Waals surface area contributed by atoms with Gasteiger partial charge in [-0.15, -0.1) is 0 Å². The highest BCUT2D eigenvalue weighted by atomic mass is 16.8. The van der Waals surface area contributed by atoms with E-state index >= 15 is 0 Å². The fraction of sp³-hybridized carbons (Fsp3) is 0.828. The summed E-state index contributed by atoms with van der Waals surface area (Å²) in [6.45, 7) is 1.64. The third-order valence-corrected chi connectivity index (χ3v) is 20.9. The number of ether oxygens (including phenoxy) is 6. The van der Waals surface area contributed by atoms with Gasteiger partial charge in [0.15, 0.2) is 18.9 Å². The fourth-order valence-electron chi connectivity index (χ4n) is 14.1. The topological polar surface area (TPSA) is 307 Å². The lowest BCUT2D eigenvalue weighted by Crippen LogP contribution is -2.66. The number of carbonyl (C=O) groups excluding carboxylic acids is 1. The average molecular weight is 1500 g/mol. The molecule has 0 aromatic rings. The van der Waals surface area contributed by atoms with Crippen molar-refractivity contribution in [2.75, 3.05) is 26.4 Å². The highest BCUT2D eigenvalue weighted by molar-refractivity contribution is 5.76. The summed E-state index contributed by atoms with van der Waals surface area (Å²) in [7, 11) is 0. The first-order valence-corrected chi connectivity index (χ1v) is 42.8. The summed E-state index contributed by atoms with van der Waals surface area (Å²) in [6, 6.07) is -1.00. The van der Waals surface area contributed by atoms with Crippen LogP contribution in [0.1, 0.15) is 328 Å². The summed E-state index contributed by atoms with van der Waals surface area (Å²) in [5, 5.41) is 121. The number of rotatable bonds is 68. The predicted molar refractivity (Wildman–Crippen MR) is 424 cm³/mol. The van der Waals surface area contributed by atoms with Gasteiger partial charge in [0.2, 0.25) is 5.91 Å². The number of nitrogens with one attached hydrogen (secondary N) is 1. The van der Waals surface area contributed by atoms with Crippen molar-refractivity contribution in [2.24, 2.45) is 0 Å². The first kappa shape index (κ1) is 97.2. The molecule has 19 heteroatoms. The summed E-state index contributed by atoms with van der Waals surface area (Å²) in [5.41, 5.74) is 0. The molecule has 17 atom stereocenters. The Morgan fingerprint density at radius 1 is 0.349 bits per heavy atom. The number of aliphatic hydroxyl groups is 11. The van der Waals surface area contributed by atoms with Crippen molar-refractivity contribution in [1.82, 2.24) is 5.32 Å². The van der Waals surface area contributed by atoms with Crippen LogP contribution < -0.4 is 5.32 Å². The first-order chi connectivity index (χ1) is 51.8. The Morgan fingerprint density at radius 3 is 1.06 bits per heavy atom. The summed E-state index contributed by atoms with van der Waals surface area (Å²) < 4.78 is 34.5. The molecule has 3 rings (SSSR count). The molecule has 0 aromatic heterocycles. The summed E-state index contributed by atoms with van der Waals surface area (Å²) in [6.07, 6.45) is 63.0. The molecule has 0 aliphatic carbocycles. The second kappa shape index (κ2) is 66.6. The molecular formula is C87H155NO18. The van der Waals surface area contributed by atoms with Crippen molar-refractivity contribution in [2.45, 2.75) is 433 Å². The Labute approximate surface area is 641 Å². The van der Waals surface area contributed by atoms with Crippen molar-refractivity contribution in [1.29, 1.82) is 0 Å². The molecule has 616 valence electrons. The quantitative estimate of drug-likeness (QED) is 0.0199. The second-order valence-corrected chi connectivity index (χ2v) is 30.2. The minimum absolute atomic E-state index is 0.231. The van der Waals surface area contributed by atoms with E-state index in [-0.39, 0.29) is 18.9 Å². The largest absolute Gasteiger partial charge is 0.394 e. The van der Waals surface area contributed by atoms with Crippen LogP contribution in [-0.4, -0.2) is 193 Å². The Bertz CT molecular complexity index is 2240. The zero-order chi connectivity index (χ0) is 76.7. The van der Waals surface area contributed by atoms with Crippen LogP contribution >= 0.6 is 0 Å². The van der Waals surface area contributed by atoms with Crippen molar-refractivity contribution in [3.63, 3.8) is 0 Å². The average Bonchev–Trinajstić information content (AvgIpc) is 0.781. The van der Waals surface area contributed by atoms with E-state index in [0.29, 0.717) is 12.8 Å². The number of hydrogen-bond acceptors (Lipinski definition) is 18. The molecule has 0 saturated carbocycles. The molecule has 0 bridgehead atoms. The number of carbonyl (C=O) groups is 1. The van der Waals surface area contributed by atoms with Gasteiger partial charge >= 0.3 is 0 Å². The number of unbranched alkanes of at least 4 members (excludes halogenated alkanes) is 40. The summed E-state index contributed by atoms with van der Waals surface area (Å²) in [5.74, 6) is -0.286. The summed E-state index contributed by atoms with van der Waals surface area (Å²) >= 11 is 0. The van der Waals surface area contributed by atoms with Gasteiger partial charge in [0.05, 0.1) is 38.6 Å². The molecule has 106 heavy (non-hydrogen) atoms. The minimum Gasteiger partial charge on any atom is -0.394 e. The van der Waals surface area contributed by atoms with E-state index in [1.807, 2.05) is 6.08 Å². The molecule has 3 aliphatic heterocycles. The van der Waals surface area contributed by atoms with E-state index in [0.717, 1.165) is 70.6 Å². The van der Waals surface area contributed by atoms with E-state index in [1.54, 1.807) is 6.08 Å². The molecule has 0 spiro atoms. The van der Waals surface area contributed by atoms with E-state index in [1.165, 1.54) is 225 Å². The van der Waals surface area contributed by atoms with Gasteiger partial charge in [-0.3, -0.25) is 4.79 Å². The van der Waals surface area contributed by atoms with Crippen LogP contribution in [0.15, 0.2) is 85.1 Å². The Balaban J connectivity index is 1.36. The van der Waals surface area contributed by atoms with E-state index in [4.69, 9.17) is 28.4 Å². The third-order valence-electron chi connectivity index (χ3n) is 20.9. The maximum absolute atomic E-state index is 13.5. The van der Waals surface area contributed by atoms with Crippen LogP contribution in [-0.2, 0) is 33.2 Å². The van der Waals surface area contributed by atoms with Gasteiger partial charge in [-0.25, -0.2) is 0 Å². The normalized spacial score (nSPS) is 26.1. The molecule has 1 amide bonds. The van der Waals surface area contributed by atoms with Crippen LogP contribution in [0.3, 0.4) is 0 Å². The van der Waals surface area contributed by atoms with Gasteiger partial charge in [-0.1, -0.05) is 324 Å². The van der Waals surface area contributed by atoms with Gasteiger partial charge in [-0.2, -0.15) is 0 Å². The van der Waals surface area contributed by atoms with Gasteiger partial charge in [-0.05, 0) is 83.5 Å². The molecular weight excluding hydrogens is 1350 g/mol. The number of aliphatic hydroxyl groups excluding tert-OH is 11. The zero-order valence-corrected chi connectivity index (χ0v) is 66.2. The first-order valence-electron chi connectivity index (χ1n) is 42.8. The number of allylic oxidation sites excluding steroid dienone is 13. The van der Waals surface area contributed by atoms with E-state index < -0.39 is 124 Å². The molecule has 0 radical (unpaired) electrons. The fourth-order valence-corrected chi connectivity index (χ4v) is 14.1. The SMILES string of the molecule is CC/C=C\C/C=C\C/C=C\C/C=C\CCCCCCCCCCCCCCCCCCCCCCC(=O)NC(COC1OC(CO)C(OC2OC(CO)C(OC3OC(CO)C(O)C(O)C3O)C(O)C2O)C(O)C1O)C(O)/C=C/CC/C=C/CC/C=C/CCCCCCCCCCCCCCCCCCCC. The van der Waals surface area contributed by atoms with Crippen molar-refractivity contribution in [3.05, 3.63) is 85.1 Å². The summed E-state index contributed by atoms with van der Waals surface area (Å²) in [4.78, 5) is 13.5. The molecule has 0 aromatic carbocycles. The monoisotopic (exact) mass is 1500 g/mol. The molecule has 12 N–H and O–H groups in total. The number of hydrogen-bond donors (Lipinski definition) is 12. The maximum Gasteiger partial charge on any atom is 0.220 e. The number of amides is 1. The standard InChI is InChI=1S/C87H155NO18/c1-3-5-7-9-11-13-15-17-19-21-23-25-27-29-31-33-34-35-36-37-39-41-43-45-47-49-51-53-55-57-59-61-63-65-75(93)88-70(71(92)64-62-60-58-56-54-52-50-48-46-44-42-40-38-32-30-28-26-24-22-20-18-16-14-12-10-8-6-4-2)69-101-85-81(99)78(96)83(73(67-90)103-85)106-87-82(100)79(97)84(74(68-91)104-87)105-86-80(98)77(95)76(94)72(66-89)102-86/h5,7,11,13,17,19,23,25,46,48,54,56,62,64,70-74,76-87,89-92,94-100H,3-4,6,8-10,12,14-16,18,20-22,24,26-45,47,49-53,55,57-61,63,65-69H2,1-2H3,(H,88,93)/b7-5-,13-11-,19-17-,25-23-,48-46+,56-54+,64-62+. The van der Waals surface area contributed by atoms with Crippen LogP contribution in [0.4, 0.5) is 0 Å². The van der Waals surface area contributed by atoms with E-state index in [2.05, 4.69) is 92.1 Å². The van der Waals surface area contributed by atoms with Gasteiger partial charge in [0, 0.05) is 6.42 Å². The van der Waals surface area contributed by atoms with E-state index in [9.17, 15) is 61.0 Å². The van der Waals surface area contributed by atoms with Crippen molar-refractivity contribution in [3.8, 4) is 0 Å². The molecule has 17 unspecified atom stereocenters. The van der Waals surface area contributed by atoms with Gasteiger partial charge < -0.3 is 89.9 Å². The Morgan fingerprint density at radius 2 is 0.660 bits per heavy atom. The lowest BCUT2D eigenvalue weighted by Gasteiger charge is -2.48. The smallest absolute Gasteiger partial charge is 0.220 e. The highest BCUT2D eigenvalue weighted by Crippen LogP contribution is 2.33. The molecule has 3 heterocycles. The maximum atomic E-state index is 13.5. The van der Waals surface area contributed by atoms with Crippen LogP contribution in [0.2, 0.25) is 0 Å².